The number of likely N-dealkylation sites (N-methyl/N-ethyl adjacent to an activating group) is 1. The molecule has 3 aromatic carbocycles. The van der Waals surface area contributed by atoms with Crippen molar-refractivity contribution >= 4 is 45.2 Å². The van der Waals surface area contributed by atoms with Crippen LogP contribution in [-0.2, 0) is 22.4 Å². The van der Waals surface area contributed by atoms with Crippen LogP contribution in [0.4, 0.5) is 37.7 Å². The monoisotopic (exact) mass is 617 g/mol. The van der Waals surface area contributed by atoms with Gasteiger partial charge in [-0.15, -0.1) is 0 Å². The third-order valence-electron chi connectivity index (χ3n) is 6.55. The molecule has 4 rings (SSSR count). The van der Waals surface area contributed by atoms with E-state index in [4.69, 9.17) is 11.6 Å². The maximum Gasteiger partial charge on any atom is 0.417 e. The van der Waals surface area contributed by atoms with E-state index in [0.717, 1.165) is 28.6 Å². The number of halogens is 7. The Kier molecular flexibility index (Phi) is 8.68. The van der Waals surface area contributed by atoms with Crippen LogP contribution in [0.1, 0.15) is 22.3 Å². The highest BCUT2D eigenvalue weighted by molar-refractivity contribution is 7.92. The highest BCUT2D eigenvalue weighted by Gasteiger charge is 2.36. The van der Waals surface area contributed by atoms with Crippen LogP contribution in [0.2, 0.25) is 5.02 Å². The molecule has 1 heterocycles. The largest absolute Gasteiger partial charge is 0.417 e. The fraction of sp³-hybridized carbons (Fsp3) is 0.286. The van der Waals surface area contributed by atoms with Gasteiger partial charge in [0.2, 0.25) is 0 Å². The lowest BCUT2D eigenvalue weighted by Gasteiger charge is -2.38. The molecule has 0 N–H and O–H groups in total. The zero-order chi connectivity index (χ0) is 30.2. The van der Waals surface area contributed by atoms with E-state index in [2.05, 4.69) is 0 Å². The third kappa shape index (κ3) is 6.82. The van der Waals surface area contributed by atoms with Crippen LogP contribution in [0.5, 0.6) is 0 Å². The second kappa shape index (κ2) is 11.6. The zero-order valence-corrected chi connectivity index (χ0v) is 23.5. The summed E-state index contributed by atoms with van der Waals surface area (Å²) in [5, 5.41) is -0.113. The molecule has 0 saturated heterocycles. The van der Waals surface area contributed by atoms with E-state index in [0.29, 0.717) is 30.4 Å². The lowest BCUT2D eigenvalue weighted by Crippen LogP contribution is -2.45. The van der Waals surface area contributed by atoms with Crippen molar-refractivity contribution in [3.05, 3.63) is 87.9 Å². The van der Waals surface area contributed by atoms with Gasteiger partial charge in [-0.2, -0.15) is 26.3 Å². The number of benzene rings is 3. The summed E-state index contributed by atoms with van der Waals surface area (Å²) in [6.45, 7) is 1.42. The van der Waals surface area contributed by atoms with Gasteiger partial charge in [0.1, 0.15) is 0 Å². The number of sulfonamides is 1. The topological polar surface area (TPSA) is 43.9 Å². The van der Waals surface area contributed by atoms with Crippen molar-refractivity contribution in [1.29, 1.82) is 0 Å². The van der Waals surface area contributed by atoms with E-state index < -0.39 is 38.4 Å². The van der Waals surface area contributed by atoms with Crippen LogP contribution in [0, 0.1) is 0 Å². The lowest BCUT2D eigenvalue weighted by atomic mass is 10.0. The van der Waals surface area contributed by atoms with Gasteiger partial charge in [0, 0.05) is 30.2 Å². The Morgan fingerprint density at radius 3 is 2.24 bits per heavy atom. The number of nitrogens with zero attached hydrogens (tertiary/aromatic N) is 3. The number of hydrogen-bond acceptors (Lipinski definition) is 4. The van der Waals surface area contributed by atoms with Crippen LogP contribution >= 0.6 is 11.6 Å². The molecule has 0 aromatic heterocycles. The van der Waals surface area contributed by atoms with Crippen molar-refractivity contribution in [1.82, 2.24) is 4.90 Å². The van der Waals surface area contributed by atoms with E-state index in [-0.39, 0.29) is 29.4 Å². The quantitative estimate of drug-likeness (QED) is 0.209. The number of anilines is 2. The molecule has 220 valence electrons. The first-order valence-corrected chi connectivity index (χ1v) is 14.2. The molecule has 13 heteroatoms. The molecule has 0 unspecified atom stereocenters. The smallest absolute Gasteiger partial charge is 0.367 e. The molecule has 0 fully saturated rings. The standard InChI is InChI=1S/C28H26ClF6N3O2S/c1-36(2)13-14-37-15-16-38(41(39,40)21-6-3-5-20(18-21)27(30,31)32)26-17-19(10-12-25(26)37)9-11-22-23(28(33,34)35)7-4-8-24(22)29/h3-12,17-18H,13-16H2,1-2H3/b11-9+. The molecule has 0 aliphatic carbocycles. The molecular formula is C28H26ClF6N3O2S. The summed E-state index contributed by atoms with van der Waals surface area (Å²) >= 11 is 6.06. The van der Waals surface area contributed by atoms with E-state index >= 15 is 0 Å². The minimum atomic E-state index is -4.74. The van der Waals surface area contributed by atoms with Gasteiger partial charge in [0.05, 0.1) is 33.9 Å². The molecule has 0 radical (unpaired) electrons. The van der Waals surface area contributed by atoms with Crippen molar-refractivity contribution in [2.75, 3.05) is 49.5 Å². The molecule has 0 saturated carbocycles. The first-order valence-electron chi connectivity index (χ1n) is 12.4. The second-order valence-electron chi connectivity index (χ2n) is 9.67. The summed E-state index contributed by atoms with van der Waals surface area (Å²) in [6, 6.07) is 11.7. The van der Waals surface area contributed by atoms with E-state index in [1.807, 2.05) is 23.9 Å². The van der Waals surface area contributed by atoms with Crippen molar-refractivity contribution in [2.45, 2.75) is 17.2 Å². The maximum atomic E-state index is 13.7. The minimum Gasteiger partial charge on any atom is -0.367 e. The third-order valence-corrected chi connectivity index (χ3v) is 8.69. The van der Waals surface area contributed by atoms with Gasteiger partial charge in [-0.1, -0.05) is 42.0 Å². The molecule has 41 heavy (non-hydrogen) atoms. The Labute approximate surface area is 239 Å². The predicted molar refractivity (Wildman–Crippen MR) is 149 cm³/mol. The Hall–Kier alpha value is -3.22. The van der Waals surface area contributed by atoms with Gasteiger partial charge >= 0.3 is 12.4 Å². The average molecular weight is 618 g/mol. The highest BCUT2D eigenvalue weighted by Crippen LogP contribution is 2.40. The molecule has 1 aliphatic heterocycles. The van der Waals surface area contributed by atoms with Crippen LogP contribution in [0.15, 0.2) is 65.6 Å². The molecule has 0 spiro atoms. The van der Waals surface area contributed by atoms with Crippen LogP contribution in [0.25, 0.3) is 12.2 Å². The SMILES string of the molecule is CN(C)CCN1CCN(S(=O)(=O)c2cccc(C(F)(F)F)c2)c2cc(/C=C/c3c(Cl)cccc3C(F)(F)F)ccc21. The van der Waals surface area contributed by atoms with E-state index in [1.165, 1.54) is 30.4 Å². The average Bonchev–Trinajstić information content (AvgIpc) is 2.89. The van der Waals surface area contributed by atoms with Crippen molar-refractivity contribution < 1.29 is 34.8 Å². The highest BCUT2D eigenvalue weighted by atomic mass is 35.5. The van der Waals surface area contributed by atoms with Crippen LogP contribution < -0.4 is 9.21 Å². The Balaban J connectivity index is 1.79. The summed E-state index contributed by atoms with van der Waals surface area (Å²) in [5.41, 5.74) is -1.18. The molecule has 5 nitrogen and oxygen atoms in total. The van der Waals surface area contributed by atoms with Gasteiger partial charge in [0.15, 0.2) is 0 Å². The van der Waals surface area contributed by atoms with Crippen molar-refractivity contribution in [3.8, 4) is 0 Å². The van der Waals surface area contributed by atoms with Crippen LogP contribution in [0.3, 0.4) is 0 Å². The Morgan fingerprint density at radius 1 is 0.878 bits per heavy atom. The normalized spacial score (nSPS) is 14.7. The molecular weight excluding hydrogens is 592 g/mol. The molecule has 0 atom stereocenters. The maximum absolute atomic E-state index is 13.7. The molecule has 0 amide bonds. The summed E-state index contributed by atoms with van der Waals surface area (Å²) in [5.74, 6) is 0. The molecule has 3 aromatic rings. The molecule has 1 aliphatic rings. The summed E-state index contributed by atoms with van der Waals surface area (Å²) in [7, 11) is -0.663. The van der Waals surface area contributed by atoms with Gasteiger partial charge in [-0.25, -0.2) is 8.42 Å². The number of rotatable bonds is 7. The zero-order valence-electron chi connectivity index (χ0n) is 22.0. The minimum absolute atomic E-state index is 0.0467. The first kappa shape index (κ1) is 30.7. The summed E-state index contributed by atoms with van der Waals surface area (Å²) < 4.78 is 109. The van der Waals surface area contributed by atoms with Crippen molar-refractivity contribution in [3.63, 3.8) is 0 Å². The van der Waals surface area contributed by atoms with Gasteiger partial charge in [-0.05, 0) is 62.1 Å². The summed E-state index contributed by atoms with van der Waals surface area (Å²) in [6.07, 6.45) is -6.81. The number of hydrogen-bond donors (Lipinski definition) is 0. The lowest BCUT2D eigenvalue weighted by molar-refractivity contribution is -0.138. The van der Waals surface area contributed by atoms with Crippen molar-refractivity contribution in [2.24, 2.45) is 0 Å². The number of alkyl halides is 6. The van der Waals surface area contributed by atoms with Gasteiger partial charge in [0.25, 0.3) is 10.0 Å². The van der Waals surface area contributed by atoms with E-state index in [1.54, 1.807) is 12.1 Å². The van der Waals surface area contributed by atoms with Gasteiger partial charge < -0.3 is 9.80 Å². The number of fused-ring (bicyclic) bond motifs is 1. The van der Waals surface area contributed by atoms with E-state index in [9.17, 15) is 34.8 Å². The second-order valence-corrected chi connectivity index (χ2v) is 11.9. The fourth-order valence-corrected chi connectivity index (χ4v) is 6.21. The molecule has 0 bridgehead atoms. The predicted octanol–water partition coefficient (Wildman–Crippen LogP) is 7.12. The Bertz CT molecular complexity index is 1560. The van der Waals surface area contributed by atoms with Gasteiger partial charge in [-0.3, -0.25) is 4.31 Å². The first-order chi connectivity index (χ1) is 19.1. The summed E-state index contributed by atoms with van der Waals surface area (Å²) in [4.78, 5) is 3.38. The van der Waals surface area contributed by atoms with Crippen LogP contribution in [-0.4, -0.2) is 53.6 Å². The Morgan fingerprint density at radius 2 is 1.59 bits per heavy atom. The fourth-order valence-electron chi connectivity index (χ4n) is 4.46.